The van der Waals surface area contributed by atoms with Gasteiger partial charge in [0.2, 0.25) is 0 Å². The maximum Gasteiger partial charge on any atom is 0.339 e. The van der Waals surface area contributed by atoms with E-state index in [-0.39, 0.29) is 6.61 Å². The molecule has 0 aliphatic heterocycles. The molecule has 158 valence electrons. The molecule has 4 aromatic rings. The molecule has 8 heteroatoms. The van der Waals surface area contributed by atoms with Crippen molar-refractivity contribution in [3.63, 3.8) is 0 Å². The lowest BCUT2D eigenvalue weighted by Crippen LogP contribution is -2.08. The third-order valence-electron chi connectivity index (χ3n) is 4.85. The van der Waals surface area contributed by atoms with Gasteiger partial charge in [-0.25, -0.2) is 19.7 Å². The summed E-state index contributed by atoms with van der Waals surface area (Å²) >= 11 is 0. The fraction of sp³-hybridized carbons (Fsp3) is 0.261. The van der Waals surface area contributed by atoms with Crippen LogP contribution >= 0.6 is 0 Å². The number of hydrogen-bond acceptors (Lipinski definition) is 7. The first kappa shape index (κ1) is 20.5. The van der Waals surface area contributed by atoms with E-state index < -0.39 is 5.97 Å². The number of hydrogen-bond donors (Lipinski definition) is 0. The lowest BCUT2D eigenvalue weighted by atomic mass is 10.1. The van der Waals surface area contributed by atoms with Crippen molar-refractivity contribution in [3.8, 4) is 23.0 Å². The summed E-state index contributed by atoms with van der Waals surface area (Å²) in [4.78, 5) is 26.7. The van der Waals surface area contributed by atoms with Gasteiger partial charge in [0.1, 0.15) is 5.75 Å². The van der Waals surface area contributed by atoms with Crippen molar-refractivity contribution in [1.29, 1.82) is 0 Å². The topological polar surface area (TPSA) is 92.0 Å². The maximum absolute atomic E-state index is 12.8. The predicted octanol–water partition coefficient (Wildman–Crippen LogP) is 3.99. The van der Waals surface area contributed by atoms with Crippen LogP contribution in [0, 0.1) is 20.8 Å². The second-order valence-corrected chi connectivity index (χ2v) is 7.15. The maximum atomic E-state index is 12.8. The Morgan fingerprint density at radius 2 is 1.68 bits per heavy atom. The summed E-state index contributed by atoms with van der Waals surface area (Å²) < 4.78 is 12.1. The highest BCUT2D eigenvalue weighted by molar-refractivity contribution is 6.05. The van der Waals surface area contributed by atoms with Gasteiger partial charge < -0.3 is 9.47 Å². The van der Waals surface area contributed by atoms with Crippen LogP contribution in [0.2, 0.25) is 0 Å². The van der Waals surface area contributed by atoms with Gasteiger partial charge in [-0.2, -0.15) is 9.78 Å². The Labute approximate surface area is 179 Å². The SMILES string of the molecule is CCOC(=O)c1cc(-c2ccc(OC)cc2)nc2c1c(C)nn2-c1nc(C)cc(C)n1. The predicted molar refractivity (Wildman–Crippen MR) is 117 cm³/mol. The fourth-order valence-corrected chi connectivity index (χ4v) is 3.51. The summed E-state index contributed by atoms with van der Waals surface area (Å²) in [6, 6.07) is 11.1. The number of pyridine rings is 1. The molecule has 0 bridgehead atoms. The molecule has 3 aromatic heterocycles. The molecule has 0 fully saturated rings. The van der Waals surface area contributed by atoms with Gasteiger partial charge in [0, 0.05) is 17.0 Å². The van der Waals surface area contributed by atoms with Gasteiger partial charge in [-0.15, -0.1) is 0 Å². The molecule has 1 aromatic carbocycles. The van der Waals surface area contributed by atoms with Crippen LogP contribution in [0.15, 0.2) is 36.4 Å². The first-order chi connectivity index (χ1) is 14.9. The first-order valence-electron chi connectivity index (χ1n) is 9.95. The molecule has 0 aliphatic rings. The first-order valence-corrected chi connectivity index (χ1v) is 9.95. The Hall–Kier alpha value is -3.81. The highest BCUT2D eigenvalue weighted by Crippen LogP contribution is 2.29. The summed E-state index contributed by atoms with van der Waals surface area (Å²) in [5, 5.41) is 5.23. The lowest BCUT2D eigenvalue weighted by Gasteiger charge is -2.09. The van der Waals surface area contributed by atoms with Crippen molar-refractivity contribution in [3.05, 3.63) is 59.0 Å². The van der Waals surface area contributed by atoms with Gasteiger partial charge >= 0.3 is 5.97 Å². The van der Waals surface area contributed by atoms with Crippen molar-refractivity contribution in [2.45, 2.75) is 27.7 Å². The van der Waals surface area contributed by atoms with E-state index in [1.807, 2.05) is 51.1 Å². The summed E-state index contributed by atoms with van der Waals surface area (Å²) in [6.45, 7) is 7.68. The van der Waals surface area contributed by atoms with Gasteiger partial charge in [0.15, 0.2) is 5.65 Å². The molecule has 0 N–H and O–H groups in total. The van der Waals surface area contributed by atoms with Crippen molar-refractivity contribution >= 4 is 17.0 Å². The largest absolute Gasteiger partial charge is 0.497 e. The molecular formula is C23H23N5O3. The van der Waals surface area contributed by atoms with Crippen LogP contribution in [0.3, 0.4) is 0 Å². The van der Waals surface area contributed by atoms with Gasteiger partial charge in [0.05, 0.1) is 36.1 Å². The van der Waals surface area contributed by atoms with Crippen molar-refractivity contribution in [2.24, 2.45) is 0 Å². The Kier molecular flexibility index (Phi) is 5.37. The molecule has 0 unspecified atom stereocenters. The number of aryl methyl sites for hydroxylation is 3. The number of ether oxygens (including phenoxy) is 2. The Bertz CT molecular complexity index is 1260. The number of carbonyl (C=O) groups excluding carboxylic acids is 1. The molecule has 0 amide bonds. The summed E-state index contributed by atoms with van der Waals surface area (Å²) in [7, 11) is 1.61. The van der Waals surface area contributed by atoms with Gasteiger partial charge in [-0.1, -0.05) is 0 Å². The van der Waals surface area contributed by atoms with Crippen molar-refractivity contribution < 1.29 is 14.3 Å². The highest BCUT2D eigenvalue weighted by Gasteiger charge is 2.22. The molecule has 0 spiro atoms. The molecule has 0 aliphatic carbocycles. The summed E-state index contributed by atoms with van der Waals surface area (Å²) in [5.41, 5.74) is 4.64. The third kappa shape index (κ3) is 3.84. The fourth-order valence-electron chi connectivity index (χ4n) is 3.51. The second kappa shape index (κ2) is 8.14. The molecule has 0 saturated heterocycles. The lowest BCUT2D eigenvalue weighted by molar-refractivity contribution is 0.0528. The van der Waals surface area contributed by atoms with Crippen LogP contribution in [0.25, 0.3) is 28.2 Å². The Morgan fingerprint density at radius 1 is 1.00 bits per heavy atom. The van der Waals surface area contributed by atoms with E-state index >= 15 is 0 Å². The second-order valence-electron chi connectivity index (χ2n) is 7.15. The summed E-state index contributed by atoms with van der Waals surface area (Å²) in [5.74, 6) is 0.721. The van der Waals surface area contributed by atoms with Gasteiger partial charge in [0.25, 0.3) is 5.95 Å². The molecule has 0 atom stereocenters. The number of rotatable bonds is 5. The number of methoxy groups -OCH3 is 1. The molecule has 4 rings (SSSR count). The number of benzene rings is 1. The molecule has 0 radical (unpaired) electrons. The number of nitrogens with zero attached hydrogens (tertiary/aromatic N) is 5. The van der Waals surface area contributed by atoms with Crippen LogP contribution < -0.4 is 4.74 Å². The van der Waals surface area contributed by atoms with Gasteiger partial charge in [-0.05, 0) is 64.1 Å². The minimum atomic E-state index is -0.423. The van der Waals surface area contributed by atoms with E-state index in [1.165, 1.54) is 0 Å². The average Bonchev–Trinajstić information content (AvgIpc) is 3.09. The standard InChI is InChI=1S/C23H23N5O3/c1-6-31-22(29)18-12-19(16-7-9-17(30-5)10-8-16)26-21-20(18)15(4)27-28(21)23-24-13(2)11-14(3)25-23/h7-12H,6H2,1-5H3. The number of fused-ring (bicyclic) bond motifs is 1. The molecule has 0 saturated carbocycles. The van der Waals surface area contributed by atoms with E-state index in [1.54, 1.807) is 24.8 Å². The third-order valence-corrected chi connectivity index (χ3v) is 4.85. The van der Waals surface area contributed by atoms with Crippen LogP contribution in [0.1, 0.15) is 34.4 Å². The van der Waals surface area contributed by atoms with E-state index in [4.69, 9.17) is 14.5 Å². The van der Waals surface area contributed by atoms with Crippen LogP contribution in [-0.2, 0) is 4.74 Å². The minimum Gasteiger partial charge on any atom is -0.497 e. The van der Waals surface area contributed by atoms with Crippen molar-refractivity contribution in [2.75, 3.05) is 13.7 Å². The van der Waals surface area contributed by atoms with Crippen molar-refractivity contribution in [1.82, 2.24) is 24.7 Å². The zero-order chi connectivity index (χ0) is 22.1. The smallest absolute Gasteiger partial charge is 0.339 e. The zero-order valence-electron chi connectivity index (χ0n) is 18.1. The summed E-state index contributed by atoms with van der Waals surface area (Å²) in [6.07, 6.45) is 0. The van der Waals surface area contributed by atoms with Crippen LogP contribution in [-0.4, -0.2) is 44.4 Å². The number of carbonyl (C=O) groups is 1. The Balaban J connectivity index is 2.00. The average molecular weight is 417 g/mol. The van der Waals surface area contributed by atoms with E-state index in [2.05, 4.69) is 15.1 Å². The zero-order valence-corrected chi connectivity index (χ0v) is 18.1. The van der Waals surface area contributed by atoms with E-state index in [0.29, 0.717) is 33.9 Å². The normalized spacial score (nSPS) is 11.0. The number of aromatic nitrogens is 5. The number of esters is 1. The molecular weight excluding hydrogens is 394 g/mol. The molecule has 31 heavy (non-hydrogen) atoms. The highest BCUT2D eigenvalue weighted by atomic mass is 16.5. The van der Waals surface area contributed by atoms with E-state index in [9.17, 15) is 4.79 Å². The molecule has 8 nitrogen and oxygen atoms in total. The van der Waals surface area contributed by atoms with Gasteiger partial charge in [-0.3, -0.25) is 0 Å². The monoisotopic (exact) mass is 417 g/mol. The Morgan fingerprint density at radius 3 is 2.29 bits per heavy atom. The molecule has 3 heterocycles. The van der Waals surface area contributed by atoms with E-state index in [0.717, 1.165) is 22.7 Å². The van der Waals surface area contributed by atoms with Crippen LogP contribution in [0.4, 0.5) is 0 Å². The van der Waals surface area contributed by atoms with Crippen LogP contribution in [0.5, 0.6) is 5.75 Å². The quantitative estimate of drug-likeness (QED) is 0.453. The minimum absolute atomic E-state index is 0.272.